The number of ketones is 1. The molecule has 138 valence electrons. The van der Waals surface area contributed by atoms with Gasteiger partial charge < -0.3 is 0 Å². The molecule has 6 heteroatoms. The van der Waals surface area contributed by atoms with Crippen LogP contribution in [0, 0.1) is 23.2 Å². The number of allylic oxidation sites excluding steroid dienone is 2. The third-order valence-electron chi connectivity index (χ3n) is 6.37. The summed E-state index contributed by atoms with van der Waals surface area (Å²) in [4.78, 5) is 12.8. The number of benzene rings is 1. The fourth-order valence-corrected chi connectivity index (χ4v) is 5.08. The molecular formula is C22H19N5O. The Balaban J connectivity index is 1.83. The maximum Gasteiger partial charge on any atom is 0.176 e. The topological polar surface area (TPSA) is 98.2 Å². The second-order valence-corrected chi connectivity index (χ2v) is 7.62. The molecule has 28 heavy (non-hydrogen) atoms. The van der Waals surface area contributed by atoms with Crippen LogP contribution >= 0.6 is 0 Å². The van der Waals surface area contributed by atoms with Crippen LogP contribution in [0.3, 0.4) is 0 Å². The summed E-state index contributed by atoms with van der Waals surface area (Å²) in [6, 6.07) is 12.3. The SMILES string of the molecule is C[C@@H]1C(=O)C(C#N)=C[C@]2(c3ccccc3)c3[nH]nc(-c4cn[nH]c4)c3CCC12. The summed E-state index contributed by atoms with van der Waals surface area (Å²) in [5.41, 5.74) is 4.69. The van der Waals surface area contributed by atoms with Gasteiger partial charge >= 0.3 is 0 Å². The Morgan fingerprint density at radius 1 is 1.29 bits per heavy atom. The van der Waals surface area contributed by atoms with Gasteiger partial charge in [-0.1, -0.05) is 37.3 Å². The highest BCUT2D eigenvalue weighted by molar-refractivity contribution is 6.02. The van der Waals surface area contributed by atoms with E-state index in [-0.39, 0.29) is 23.2 Å². The van der Waals surface area contributed by atoms with Crippen LogP contribution in [-0.4, -0.2) is 26.2 Å². The van der Waals surface area contributed by atoms with Crippen molar-refractivity contribution in [3.05, 3.63) is 71.2 Å². The molecule has 6 nitrogen and oxygen atoms in total. The van der Waals surface area contributed by atoms with Crippen molar-refractivity contribution in [1.82, 2.24) is 20.4 Å². The standard InChI is InChI=1S/C22H19N5O/c1-13-18-8-7-17-19(15-11-24-25-12-15)26-27-21(17)22(18,9-14(10-23)20(13)28)16-5-3-2-4-6-16/h2-6,9,11-13,18H,7-8H2,1H3,(H,24,25)(H,26,27)/t13-,18?,22+/m0/s1. The number of hydrogen-bond donors (Lipinski definition) is 2. The molecule has 2 N–H and O–H groups in total. The Morgan fingerprint density at radius 3 is 2.82 bits per heavy atom. The second kappa shape index (κ2) is 6.03. The molecule has 0 radical (unpaired) electrons. The highest BCUT2D eigenvalue weighted by Gasteiger charge is 2.53. The maximum absolute atomic E-state index is 12.8. The number of nitrogens with one attached hydrogen (secondary N) is 2. The highest BCUT2D eigenvalue weighted by Crippen LogP contribution is 2.54. The van der Waals surface area contributed by atoms with Crippen LogP contribution in [0.2, 0.25) is 0 Å². The van der Waals surface area contributed by atoms with Gasteiger partial charge in [0.05, 0.1) is 28.6 Å². The van der Waals surface area contributed by atoms with E-state index in [0.29, 0.717) is 0 Å². The van der Waals surface area contributed by atoms with Crippen molar-refractivity contribution in [2.75, 3.05) is 0 Å². The fourth-order valence-electron chi connectivity index (χ4n) is 5.08. The Bertz CT molecular complexity index is 1120. The Hall–Kier alpha value is -3.46. The van der Waals surface area contributed by atoms with Gasteiger partial charge in [0.2, 0.25) is 0 Å². The number of nitrogens with zero attached hydrogens (tertiary/aromatic N) is 3. The van der Waals surface area contributed by atoms with E-state index in [1.165, 1.54) is 0 Å². The Morgan fingerprint density at radius 2 is 2.11 bits per heavy atom. The van der Waals surface area contributed by atoms with E-state index in [9.17, 15) is 10.1 Å². The average molecular weight is 369 g/mol. The van der Waals surface area contributed by atoms with Gasteiger partial charge in [-0.25, -0.2) is 0 Å². The van der Waals surface area contributed by atoms with Crippen LogP contribution in [0.25, 0.3) is 11.3 Å². The number of hydrogen-bond acceptors (Lipinski definition) is 4. The number of H-pyrrole nitrogens is 2. The molecule has 2 heterocycles. The zero-order valence-corrected chi connectivity index (χ0v) is 15.4. The number of fused-ring (bicyclic) bond motifs is 3. The van der Waals surface area contributed by atoms with Crippen molar-refractivity contribution in [1.29, 1.82) is 5.26 Å². The van der Waals surface area contributed by atoms with Gasteiger partial charge in [0.1, 0.15) is 6.07 Å². The van der Waals surface area contributed by atoms with Crippen molar-refractivity contribution in [3.63, 3.8) is 0 Å². The summed E-state index contributed by atoms with van der Waals surface area (Å²) in [6.07, 6.45) is 7.17. The summed E-state index contributed by atoms with van der Waals surface area (Å²) >= 11 is 0. The third kappa shape index (κ3) is 2.10. The predicted molar refractivity (Wildman–Crippen MR) is 103 cm³/mol. The smallest absolute Gasteiger partial charge is 0.176 e. The number of Topliss-reactive ketones (excluding diaryl/α,β-unsaturated/α-hetero) is 1. The summed E-state index contributed by atoms with van der Waals surface area (Å²) in [5.74, 6) is -0.213. The van der Waals surface area contributed by atoms with Crippen LogP contribution in [0.4, 0.5) is 0 Å². The van der Waals surface area contributed by atoms with E-state index in [1.54, 1.807) is 6.20 Å². The van der Waals surface area contributed by atoms with Crippen molar-refractivity contribution >= 4 is 5.78 Å². The fraction of sp³-hybridized carbons (Fsp3) is 0.273. The van der Waals surface area contributed by atoms with Gasteiger partial charge in [-0.3, -0.25) is 15.0 Å². The molecule has 2 aliphatic carbocycles. The first-order valence-electron chi connectivity index (χ1n) is 9.46. The molecule has 0 aliphatic heterocycles. The first-order valence-corrected chi connectivity index (χ1v) is 9.46. The summed E-state index contributed by atoms with van der Waals surface area (Å²) < 4.78 is 0. The van der Waals surface area contributed by atoms with E-state index in [4.69, 9.17) is 0 Å². The zero-order valence-electron chi connectivity index (χ0n) is 15.4. The largest absolute Gasteiger partial charge is 0.293 e. The number of aromatic amines is 2. The molecule has 0 bridgehead atoms. The van der Waals surface area contributed by atoms with Gasteiger partial charge in [-0.05, 0) is 30.4 Å². The van der Waals surface area contributed by atoms with Gasteiger partial charge in [-0.15, -0.1) is 0 Å². The number of carbonyl (C=O) groups excluding carboxylic acids is 1. The van der Waals surface area contributed by atoms with E-state index >= 15 is 0 Å². The third-order valence-corrected chi connectivity index (χ3v) is 6.37. The van der Waals surface area contributed by atoms with E-state index in [0.717, 1.165) is 40.9 Å². The Labute approximate surface area is 162 Å². The number of aromatic nitrogens is 4. The van der Waals surface area contributed by atoms with E-state index in [1.807, 2.05) is 37.4 Å². The summed E-state index contributed by atoms with van der Waals surface area (Å²) in [7, 11) is 0. The summed E-state index contributed by atoms with van der Waals surface area (Å²) in [6.45, 7) is 1.95. The van der Waals surface area contributed by atoms with Gasteiger partial charge in [0.25, 0.3) is 0 Å². The van der Waals surface area contributed by atoms with E-state index in [2.05, 4.69) is 38.6 Å². The molecular weight excluding hydrogens is 350 g/mol. The van der Waals surface area contributed by atoms with Gasteiger partial charge in [0, 0.05) is 23.2 Å². The molecule has 0 fully saturated rings. The zero-order chi connectivity index (χ0) is 19.3. The molecule has 0 amide bonds. The highest BCUT2D eigenvalue weighted by atomic mass is 16.1. The van der Waals surface area contributed by atoms with Crippen LogP contribution in [0.5, 0.6) is 0 Å². The van der Waals surface area contributed by atoms with Crippen molar-refractivity contribution < 1.29 is 4.79 Å². The maximum atomic E-state index is 12.8. The Kier molecular flexibility index (Phi) is 3.59. The average Bonchev–Trinajstić information content (AvgIpc) is 3.40. The molecule has 2 aromatic heterocycles. The lowest BCUT2D eigenvalue weighted by atomic mass is 9.54. The van der Waals surface area contributed by atoms with Crippen LogP contribution in [-0.2, 0) is 16.6 Å². The minimum absolute atomic E-state index is 0.0583. The first kappa shape index (κ1) is 16.7. The van der Waals surface area contributed by atoms with Crippen LogP contribution < -0.4 is 0 Å². The lowest BCUT2D eigenvalue weighted by molar-refractivity contribution is -0.121. The van der Waals surface area contributed by atoms with E-state index < -0.39 is 5.41 Å². The molecule has 3 aromatic rings. The predicted octanol–water partition coefficient (Wildman–Crippen LogP) is 3.32. The molecule has 5 rings (SSSR count). The quantitative estimate of drug-likeness (QED) is 0.724. The molecule has 0 spiro atoms. The summed E-state index contributed by atoms with van der Waals surface area (Å²) in [5, 5.41) is 24.4. The number of nitriles is 1. The lowest BCUT2D eigenvalue weighted by Gasteiger charge is -2.47. The van der Waals surface area contributed by atoms with Crippen LogP contribution in [0.15, 0.2) is 54.4 Å². The van der Waals surface area contributed by atoms with Gasteiger partial charge in [0.15, 0.2) is 5.78 Å². The van der Waals surface area contributed by atoms with Crippen molar-refractivity contribution in [3.8, 4) is 17.3 Å². The molecule has 0 saturated carbocycles. The normalized spacial score (nSPS) is 26.1. The first-order chi connectivity index (χ1) is 13.7. The molecule has 3 atom stereocenters. The van der Waals surface area contributed by atoms with Crippen molar-refractivity contribution in [2.24, 2.45) is 11.8 Å². The molecule has 1 aromatic carbocycles. The minimum Gasteiger partial charge on any atom is -0.293 e. The monoisotopic (exact) mass is 369 g/mol. The molecule has 0 saturated heterocycles. The minimum atomic E-state index is -0.567. The van der Waals surface area contributed by atoms with Gasteiger partial charge in [-0.2, -0.15) is 15.5 Å². The molecule has 2 aliphatic rings. The number of carbonyl (C=O) groups is 1. The lowest BCUT2D eigenvalue weighted by Crippen LogP contribution is -2.48. The van der Waals surface area contributed by atoms with Crippen molar-refractivity contribution in [2.45, 2.75) is 25.2 Å². The van der Waals surface area contributed by atoms with Crippen LogP contribution in [0.1, 0.15) is 30.2 Å². The number of rotatable bonds is 2. The second-order valence-electron chi connectivity index (χ2n) is 7.62. The molecule has 1 unspecified atom stereocenters.